The molecule has 0 aromatic carbocycles. The van der Waals surface area contributed by atoms with E-state index in [-0.39, 0.29) is 6.29 Å². The molecule has 5 nitrogen and oxygen atoms in total. The molecule has 0 saturated heterocycles. The van der Waals surface area contributed by atoms with Gasteiger partial charge in [0.2, 0.25) is 0 Å². The molecule has 1 unspecified atom stereocenters. The molecule has 0 aliphatic heterocycles. The Morgan fingerprint density at radius 3 is 3.07 bits per heavy atom. The minimum absolute atomic E-state index is 0.288. The Balaban J connectivity index is 2.36. The van der Waals surface area contributed by atoms with Gasteiger partial charge in [0.25, 0.3) is 0 Å². The summed E-state index contributed by atoms with van der Waals surface area (Å²) in [5.74, 6) is 0.696. The fourth-order valence-electron chi connectivity index (χ4n) is 1.15. The summed E-state index contributed by atoms with van der Waals surface area (Å²) in [6.07, 6.45) is 2.95. The number of ether oxygens (including phenoxy) is 2. The summed E-state index contributed by atoms with van der Waals surface area (Å²) >= 11 is 0. The lowest BCUT2D eigenvalue weighted by Crippen LogP contribution is -2.13. The van der Waals surface area contributed by atoms with E-state index in [1.54, 1.807) is 25.7 Å². The number of imidazole rings is 1. The Morgan fingerprint density at radius 2 is 2.29 bits per heavy atom. The van der Waals surface area contributed by atoms with Gasteiger partial charge in [-0.25, -0.2) is 9.97 Å². The molecule has 2 heterocycles. The fraction of sp³-hybridized carbons (Fsp3) is 0.333. The number of hydrogen-bond donors (Lipinski definition) is 1. The van der Waals surface area contributed by atoms with Crippen molar-refractivity contribution in [3.8, 4) is 5.75 Å². The lowest BCUT2D eigenvalue weighted by Gasteiger charge is -2.12. The molecule has 0 spiro atoms. The van der Waals surface area contributed by atoms with Crippen LogP contribution in [0.1, 0.15) is 6.92 Å². The zero-order valence-electron chi connectivity index (χ0n) is 8.02. The largest absolute Gasteiger partial charge is 0.463 e. The maximum Gasteiger partial charge on any atom is 0.196 e. The number of aromatic amines is 1. The predicted molar refractivity (Wildman–Crippen MR) is 51.0 cm³/mol. The Labute approximate surface area is 81.1 Å². The van der Waals surface area contributed by atoms with Gasteiger partial charge in [-0.3, -0.25) is 0 Å². The van der Waals surface area contributed by atoms with Crippen LogP contribution in [0.5, 0.6) is 5.75 Å². The highest BCUT2D eigenvalue weighted by atomic mass is 16.7. The summed E-state index contributed by atoms with van der Waals surface area (Å²) in [6, 6.07) is 1.77. The standard InChI is InChI=1S/C9H11N3O2/c1-6(13-2)14-7-3-4-10-9-8(7)11-5-12-9/h3-6H,1-2H3,(H,10,11,12). The van der Waals surface area contributed by atoms with Crippen LogP contribution in [0.3, 0.4) is 0 Å². The van der Waals surface area contributed by atoms with Gasteiger partial charge in [0.15, 0.2) is 17.7 Å². The molecule has 74 valence electrons. The topological polar surface area (TPSA) is 60.0 Å². The molecular formula is C9H11N3O2. The van der Waals surface area contributed by atoms with E-state index in [1.165, 1.54) is 0 Å². The molecule has 0 bridgehead atoms. The zero-order valence-corrected chi connectivity index (χ0v) is 8.02. The molecule has 2 aromatic heterocycles. The van der Waals surface area contributed by atoms with Crippen molar-refractivity contribution in [3.63, 3.8) is 0 Å². The first kappa shape index (κ1) is 8.96. The highest BCUT2D eigenvalue weighted by Gasteiger charge is 2.07. The van der Waals surface area contributed by atoms with Crippen LogP contribution in [0, 0.1) is 0 Å². The van der Waals surface area contributed by atoms with E-state index in [4.69, 9.17) is 9.47 Å². The second-order valence-corrected chi connectivity index (χ2v) is 2.83. The van der Waals surface area contributed by atoms with E-state index in [0.717, 1.165) is 5.52 Å². The van der Waals surface area contributed by atoms with E-state index in [2.05, 4.69) is 15.0 Å². The number of methoxy groups -OCH3 is 1. The molecule has 0 fully saturated rings. The Hall–Kier alpha value is -1.62. The van der Waals surface area contributed by atoms with Crippen LogP contribution in [0.4, 0.5) is 0 Å². The molecule has 1 atom stereocenters. The maximum absolute atomic E-state index is 5.50. The minimum atomic E-state index is -0.288. The number of H-pyrrole nitrogens is 1. The highest BCUT2D eigenvalue weighted by molar-refractivity contribution is 5.77. The van der Waals surface area contributed by atoms with Gasteiger partial charge in [-0.05, 0) is 6.92 Å². The van der Waals surface area contributed by atoms with E-state index in [0.29, 0.717) is 11.4 Å². The number of nitrogens with one attached hydrogen (secondary N) is 1. The molecular weight excluding hydrogens is 182 g/mol. The smallest absolute Gasteiger partial charge is 0.196 e. The number of rotatable bonds is 3. The molecule has 14 heavy (non-hydrogen) atoms. The predicted octanol–water partition coefficient (Wildman–Crippen LogP) is 1.33. The number of fused-ring (bicyclic) bond motifs is 1. The van der Waals surface area contributed by atoms with Gasteiger partial charge in [0.05, 0.1) is 6.33 Å². The number of nitrogens with zero attached hydrogens (tertiary/aromatic N) is 2. The average molecular weight is 193 g/mol. The molecule has 0 radical (unpaired) electrons. The third-order valence-corrected chi connectivity index (χ3v) is 1.91. The maximum atomic E-state index is 5.50. The van der Waals surface area contributed by atoms with Crippen LogP contribution in [-0.4, -0.2) is 28.4 Å². The van der Waals surface area contributed by atoms with Gasteiger partial charge in [0.1, 0.15) is 5.52 Å². The first-order valence-electron chi connectivity index (χ1n) is 4.29. The normalized spacial score (nSPS) is 13.0. The molecule has 0 saturated carbocycles. The lowest BCUT2D eigenvalue weighted by molar-refractivity contribution is -0.0374. The van der Waals surface area contributed by atoms with Gasteiger partial charge < -0.3 is 14.5 Å². The monoisotopic (exact) mass is 193 g/mol. The van der Waals surface area contributed by atoms with Crippen molar-refractivity contribution in [1.82, 2.24) is 15.0 Å². The molecule has 2 aromatic rings. The number of aromatic nitrogens is 3. The molecule has 2 rings (SSSR count). The molecule has 0 aliphatic rings. The lowest BCUT2D eigenvalue weighted by atomic mass is 10.4. The van der Waals surface area contributed by atoms with Crippen LogP contribution < -0.4 is 4.74 Å². The van der Waals surface area contributed by atoms with Crippen LogP contribution in [0.2, 0.25) is 0 Å². The van der Waals surface area contributed by atoms with Crippen LogP contribution >= 0.6 is 0 Å². The summed E-state index contributed by atoms with van der Waals surface area (Å²) < 4.78 is 10.5. The van der Waals surface area contributed by atoms with Gasteiger partial charge in [-0.1, -0.05) is 0 Å². The van der Waals surface area contributed by atoms with Gasteiger partial charge >= 0.3 is 0 Å². The summed E-state index contributed by atoms with van der Waals surface area (Å²) in [4.78, 5) is 11.1. The van der Waals surface area contributed by atoms with Crippen molar-refractivity contribution in [1.29, 1.82) is 0 Å². The van der Waals surface area contributed by atoms with E-state index in [9.17, 15) is 0 Å². The number of hydrogen-bond acceptors (Lipinski definition) is 4. The summed E-state index contributed by atoms with van der Waals surface area (Å²) in [5, 5.41) is 0. The van der Waals surface area contributed by atoms with E-state index < -0.39 is 0 Å². The first-order valence-corrected chi connectivity index (χ1v) is 4.29. The first-order chi connectivity index (χ1) is 6.81. The third kappa shape index (κ3) is 1.54. The van der Waals surface area contributed by atoms with Gasteiger partial charge in [0, 0.05) is 19.4 Å². The van der Waals surface area contributed by atoms with Crippen LogP contribution in [-0.2, 0) is 4.74 Å². The highest BCUT2D eigenvalue weighted by Crippen LogP contribution is 2.21. The summed E-state index contributed by atoms with van der Waals surface area (Å²) in [7, 11) is 1.59. The molecule has 1 N–H and O–H groups in total. The van der Waals surface area contributed by atoms with Gasteiger partial charge in [-0.2, -0.15) is 0 Å². The van der Waals surface area contributed by atoms with E-state index in [1.807, 2.05) is 6.92 Å². The third-order valence-electron chi connectivity index (χ3n) is 1.91. The van der Waals surface area contributed by atoms with Crippen molar-refractivity contribution in [2.75, 3.05) is 7.11 Å². The van der Waals surface area contributed by atoms with Crippen molar-refractivity contribution >= 4 is 11.2 Å². The molecule has 0 amide bonds. The quantitative estimate of drug-likeness (QED) is 0.747. The van der Waals surface area contributed by atoms with Gasteiger partial charge in [-0.15, -0.1) is 0 Å². The van der Waals surface area contributed by atoms with Crippen molar-refractivity contribution < 1.29 is 9.47 Å². The summed E-state index contributed by atoms with van der Waals surface area (Å²) in [5.41, 5.74) is 1.43. The minimum Gasteiger partial charge on any atom is -0.463 e. The fourth-order valence-corrected chi connectivity index (χ4v) is 1.15. The van der Waals surface area contributed by atoms with Crippen molar-refractivity contribution in [2.45, 2.75) is 13.2 Å². The van der Waals surface area contributed by atoms with Crippen molar-refractivity contribution in [3.05, 3.63) is 18.6 Å². The van der Waals surface area contributed by atoms with Crippen LogP contribution in [0.15, 0.2) is 18.6 Å². The second-order valence-electron chi connectivity index (χ2n) is 2.83. The van der Waals surface area contributed by atoms with Crippen LogP contribution in [0.25, 0.3) is 11.2 Å². The van der Waals surface area contributed by atoms with E-state index >= 15 is 0 Å². The molecule has 0 aliphatic carbocycles. The second kappa shape index (κ2) is 3.63. The Kier molecular flexibility index (Phi) is 2.32. The SMILES string of the molecule is COC(C)Oc1ccnc2nc[nH]c12. The Morgan fingerprint density at radius 1 is 1.43 bits per heavy atom. The molecule has 5 heteroatoms. The van der Waals surface area contributed by atoms with Crippen molar-refractivity contribution in [2.24, 2.45) is 0 Å². The summed E-state index contributed by atoms with van der Waals surface area (Å²) in [6.45, 7) is 1.82. The Bertz CT molecular complexity index is 427. The zero-order chi connectivity index (χ0) is 9.97. The average Bonchev–Trinajstić information content (AvgIpc) is 2.66. The number of pyridine rings is 1.